The number of carbonyl (C=O) groups is 1. The zero-order chi connectivity index (χ0) is 15.9. The van der Waals surface area contributed by atoms with Gasteiger partial charge < -0.3 is 5.32 Å². The van der Waals surface area contributed by atoms with Gasteiger partial charge in [-0.25, -0.2) is 12.7 Å². The Morgan fingerprint density at radius 1 is 1.50 bits per heavy atom. The summed E-state index contributed by atoms with van der Waals surface area (Å²) in [6.45, 7) is 3.12. The number of aryl methyl sites for hydroxylation is 2. The molecule has 2 aromatic rings. The van der Waals surface area contributed by atoms with Crippen LogP contribution in [0.2, 0.25) is 0 Å². The Labute approximate surface area is 133 Å². The van der Waals surface area contributed by atoms with Gasteiger partial charge in [0.15, 0.2) is 0 Å². The van der Waals surface area contributed by atoms with Crippen molar-refractivity contribution in [3.8, 4) is 0 Å². The number of fused-ring (bicyclic) bond motifs is 1. The van der Waals surface area contributed by atoms with Gasteiger partial charge in [0.1, 0.15) is 4.83 Å². The molecule has 3 rings (SSSR count). The van der Waals surface area contributed by atoms with Crippen LogP contribution in [-0.2, 0) is 17.1 Å². The molecule has 2 aromatic heterocycles. The molecule has 1 aliphatic rings. The summed E-state index contributed by atoms with van der Waals surface area (Å²) in [5.41, 5.74) is 0.899. The molecule has 1 N–H and O–H groups in total. The van der Waals surface area contributed by atoms with Crippen LogP contribution in [-0.4, -0.2) is 53.8 Å². The molecule has 3 heterocycles. The van der Waals surface area contributed by atoms with Crippen LogP contribution in [0.25, 0.3) is 10.2 Å². The highest BCUT2D eigenvalue weighted by Crippen LogP contribution is 2.27. The first-order chi connectivity index (χ1) is 10.4. The van der Waals surface area contributed by atoms with Crippen molar-refractivity contribution in [2.45, 2.75) is 13.3 Å². The number of hydrogen-bond donors (Lipinski definition) is 1. The van der Waals surface area contributed by atoms with Crippen LogP contribution in [0, 0.1) is 6.92 Å². The summed E-state index contributed by atoms with van der Waals surface area (Å²) in [5, 5.41) is 8.08. The third-order valence-corrected chi connectivity index (χ3v) is 6.93. The van der Waals surface area contributed by atoms with E-state index in [0.29, 0.717) is 30.9 Å². The van der Waals surface area contributed by atoms with E-state index in [0.717, 1.165) is 15.9 Å². The first-order valence-electron chi connectivity index (χ1n) is 7.07. The Hall–Kier alpha value is -1.45. The van der Waals surface area contributed by atoms with Crippen LogP contribution in [0.15, 0.2) is 6.07 Å². The second-order valence-electron chi connectivity index (χ2n) is 5.36. The van der Waals surface area contributed by atoms with Crippen molar-refractivity contribution < 1.29 is 13.2 Å². The zero-order valence-corrected chi connectivity index (χ0v) is 14.1. The molecule has 1 amide bonds. The normalized spacial score (nSPS) is 18.1. The minimum atomic E-state index is -3.10. The SMILES string of the molecule is Cc1nn(C)c2sc(C(=O)NCCN3CCCS3(=O)=O)cc12. The molecule has 0 atom stereocenters. The molecule has 0 unspecified atom stereocenters. The maximum absolute atomic E-state index is 12.2. The quantitative estimate of drug-likeness (QED) is 0.887. The summed E-state index contributed by atoms with van der Waals surface area (Å²) in [6, 6.07) is 1.84. The van der Waals surface area contributed by atoms with E-state index in [9.17, 15) is 13.2 Å². The largest absolute Gasteiger partial charge is 0.350 e. The van der Waals surface area contributed by atoms with Gasteiger partial charge in [-0.15, -0.1) is 11.3 Å². The molecule has 0 saturated carbocycles. The maximum Gasteiger partial charge on any atom is 0.261 e. The van der Waals surface area contributed by atoms with Gasteiger partial charge in [-0.05, 0) is 19.4 Å². The lowest BCUT2D eigenvalue weighted by Crippen LogP contribution is -2.35. The van der Waals surface area contributed by atoms with Gasteiger partial charge in [0.05, 0.1) is 16.3 Å². The van der Waals surface area contributed by atoms with E-state index in [4.69, 9.17) is 0 Å². The van der Waals surface area contributed by atoms with Gasteiger partial charge in [0, 0.05) is 32.1 Å². The lowest BCUT2D eigenvalue weighted by atomic mass is 10.3. The molecule has 0 aliphatic carbocycles. The number of nitrogens with one attached hydrogen (secondary N) is 1. The molecular formula is C13H18N4O3S2. The Kier molecular flexibility index (Phi) is 3.96. The van der Waals surface area contributed by atoms with Crippen molar-refractivity contribution in [1.29, 1.82) is 0 Å². The third-order valence-electron chi connectivity index (χ3n) is 3.77. The predicted molar refractivity (Wildman–Crippen MR) is 85.6 cm³/mol. The molecule has 0 bridgehead atoms. The van der Waals surface area contributed by atoms with Crippen LogP contribution in [0.4, 0.5) is 0 Å². The lowest BCUT2D eigenvalue weighted by Gasteiger charge is -2.14. The van der Waals surface area contributed by atoms with E-state index in [1.54, 1.807) is 4.68 Å². The van der Waals surface area contributed by atoms with E-state index in [2.05, 4.69) is 10.4 Å². The van der Waals surface area contributed by atoms with Crippen LogP contribution in [0.3, 0.4) is 0 Å². The van der Waals surface area contributed by atoms with Gasteiger partial charge in [0.2, 0.25) is 10.0 Å². The second kappa shape index (κ2) is 5.64. The van der Waals surface area contributed by atoms with E-state index >= 15 is 0 Å². The molecule has 9 heteroatoms. The van der Waals surface area contributed by atoms with Crippen molar-refractivity contribution in [3.05, 3.63) is 16.6 Å². The van der Waals surface area contributed by atoms with Crippen molar-refractivity contribution >= 4 is 37.5 Å². The van der Waals surface area contributed by atoms with Gasteiger partial charge >= 0.3 is 0 Å². The Balaban J connectivity index is 1.63. The standard InChI is InChI=1S/C13H18N4O3S2/c1-9-10-8-11(21-13(10)16(2)15-9)12(18)14-4-6-17-5-3-7-22(17,19)20/h8H,3-7H2,1-2H3,(H,14,18). The van der Waals surface area contributed by atoms with Crippen molar-refractivity contribution in [2.24, 2.45) is 7.05 Å². The number of carbonyl (C=O) groups excluding carboxylic acids is 1. The van der Waals surface area contributed by atoms with Crippen molar-refractivity contribution in [1.82, 2.24) is 19.4 Å². The first-order valence-corrected chi connectivity index (χ1v) is 9.50. The Morgan fingerprint density at radius 2 is 2.27 bits per heavy atom. The third kappa shape index (κ3) is 2.75. The Morgan fingerprint density at radius 3 is 2.91 bits per heavy atom. The Bertz CT molecular complexity index is 787. The average molecular weight is 342 g/mol. The number of aromatic nitrogens is 2. The number of rotatable bonds is 4. The maximum atomic E-state index is 12.2. The monoisotopic (exact) mass is 342 g/mol. The van der Waals surface area contributed by atoms with Crippen LogP contribution < -0.4 is 5.32 Å². The fraction of sp³-hybridized carbons (Fsp3) is 0.538. The molecular weight excluding hydrogens is 324 g/mol. The molecule has 22 heavy (non-hydrogen) atoms. The molecule has 7 nitrogen and oxygen atoms in total. The van der Waals surface area contributed by atoms with Crippen LogP contribution in [0.1, 0.15) is 21.8 Å². The minimum absolute atomic E-state index is 0.169. The number of sulfonamides is 1. The predicted octanol–water partition coefficient (Wildman–Crippen LogP) is 0.709. The fourth-order valence-electron chi connectivity index (χ4n) is 2.64. The molecule has 0 aromatic carbocycles. The van der Waals surface area contributed by atoms with Gasteiger partial charge in [-0.1, -0.05) is 0 Å². The molecule has 1 saturated heterocycles. The van der Waals surface area contributed by atoms with Crippen molar-refractivity contribution in [2.75, 3.05) is 25.4 Å². The zero-order valence-electron chi connectivity index (χ0n) is 12.5. The first kappa shape index (κ1) is 15.4. The summed E-state index contributed by atoms with van der Waals surface area (Å²) < 4.78 is 26.5. The molecule has 1 aliphatic heterocycles. The number of hydrogen-bond acceptors (Lipinski definition) is 5. The van der Waals surface area contributed by atoms with Crippen LogP contribution in [0.5, 0.6) is 0 Å². The number of amides is 1. The molecule has 0 spiro atoms. The highest BCUT2D eigenvalue weighted by atomic mass is 32.2. The van der Waals surface area contributed by atoms with E-state index < -0.39 is 10.0 Å². The highest BCUT2D eigenvalue weighted by Gasteiger charge is 2.27. The summed E-state index contributed by atoms with van der Waals surface area (Å²) in [6.07, 6.45) is 0.666. The van der Waals surface area contributed by atoms with E-state index in [1.807, 2.05) is 20.0 Å². The lowest BCUT2D eigenvalue weighted by molar-refractivity contribution is 0.0956. The van der Waals surface area contributed by atoms with E-state index in [1.165, 1.54) is 15.6 Å². The number of nitrogens with zero attached hydrogens (tertiary/aromatic N) is 3. The smallest absolute Gasteiger partial charge is 0.261 e. The highest BCUT2D eigenvalue weighted by molar-refractivity contribution is 7.89. The summed E-state index contributed by atoms with van der Waals surface area (Å²) >= 11 is 1.39. The molecule has 0 radical (unpaired) electrons. The van der Waals surface area contributed by atoms with Gasteiger partial charge in [-0.3, -0.25) is 9.48 Å². The number of thiophene rings is 1. The minimum Gasteiger partial charge on any atom is -0.350 e. The summed E-state index contributed by atoms with van der Waals surface area (Å²) in [5.74, 6) is 0.0426. The van der Waals surface area contributed by atoms with E-state index in [-0.39, 0.29) is 11.7 Å². The molecule has 1 fully saturated rings. The average Bonchev–Trinajstić information content (AvgIpc) is 3.08. The second-order valence-corrected chi connectivity index (χ2v) is 8.48. The fourth-order valence-corrected chi connectivity index (χ4v) is 5.21. The van der Waals surface area contributed by atoms with Crippen molar-refractivity contribution in [3.63, 3.8) is 0 Å². The summed E-state index contributed by atoms with van der Waals surface area (Å²) in [4.78, 5) is 13.8. The summed E-state index contributed by atoms with van der Waals surface area (Å²) in [7, 11) is -1.25. The topological polar surface area (TPSA) is 84.3 Å². The van der Waals surface area contributed by atoms with Gasteiger partial charge in [0.25, 0.3) is 5.91 Å². The van der Waals surface area contributed by atoms with Crippen LogP contribution >= 0.6 is 11.3 Å². The van der Waals surface area contributed by atoms with Gasteiger partial charge in [-0.2, -0.15) is 5.10 Å². The molecule has 120 valence electrons.